The van der Waals surface area contributed by atoms with Crippen molar-refractivity contribution in [1.82, 2.24) is 9.88 Å². The number of rotatable bonds is 4. The summed E-state index contributed by atoms with van der Waals surface area (Å²) in [4.78, 5) is 6.53. The van der Waals surface area contributed by atoms with Crippen LogP contribution >= 0.6 is 0 Å². The summed E-state index contributed by atoms with van der Waals surface area (Å²) in [6.45, 7) is 2.49. The predicted octanol–water partition coefficient (Wildman–Crippen LogP) is 4.23. The zero-order valence-electron chi connectivity index (χ0n) is 14.8. The van der Waals surface area contributed by atoms with Crippen LogP contribution in [-0.2, 0) is 13.1 Å². The highest BCUT2D eigenvalue weighted by Gasteiger charge is 2.26. The molecule has 0 amide bonds. The smallest absolute Gasteiger partial charge is 0.140 e. The second-order valence-electron chi connectivity index (χ2n) is 6.48. The Balaban J connectivity index is 1.68. The van der Waals surface area contributed by atoms with Crippen molar-refractivity contribution in [3.8, 4) is 11.5 Å². The van der Waals surface area contributed by atoms with Gasteiger partial charge >= 0.3 is 0 Å². The van der Waals surface area contributed by atoms with E-state index in [1.54, 1.807) is 7.11 Å². The molecule has 0 radical (unpaired) electrons. The van der Waals surface area contributed by atoms with Gasteiger partial charge in [-0.3, -0.25) is 9.88 Å². The molecule has 26 heavy (non-hydrogen) atoms. The van der Waals surface area contributed by atoms with Crippen molar-refractivity contribution in [2.24, 2.45) is 0 Å². The number of pyridine rings is 1. The van der Waals surface area contributed by atoms with Gasteiger partial charge in [0.25, 0.3) is 0 Å². The van der Waals surface area contributed by atoms with Crippen LogP contribution in [0.15, 0.2) is 73.1 Å². The summed E-state index contributed by atoms with van der Waals surface area (Å²) >= 11 is 0. The van der Waals surface area contributed by atoms with E-state index in [4.69, 9.17) is 9.47 Å². The first-order valence-corrected chi connectivity index (χ1v) is 8.82. The Kier molecular flexibility index (Phi) is 4.84. The van der Waals surface area contributed by atoms with E-state index in [1.807, 2.05) is 42.7 Å². The van der Waals surface area contributed by atoms with Gasteiger partial charge in [0.1, 0.15) is 17.6 Å². The van der Waals surface area contributed by atoms with Gasteiger partial charge in [0.05, 0.1) is 7.11 Å². The van der Waals surface area contributed by atoms with Gasteiger partial charge in [0.15, 0.2) is 0 Å². The van der Waals surface area contributed by atoms with Crippen LogP contribution in [0.3, 0.4) is 0 Å². The van der Waals surface area contributed by atoms with E-state index in [0.29, 0.717) is 0 Å². The highest BCUT2D eigenvalue weighted by atomic mass is 16.5. The van der Waals surface area contributed by atoms with Gasteiger partial charge in [-0.15, -0.1) is 0 Å². The van der Waals surface area contributed by atoms with Gasteiger partial charge in [0.2, 0.25) is 0 Å². The topological polar surface area (TPSA) is 34.6 Å². The lowest BCUT2D eigenvalue weighted by molar-refractivity contribution is 0.141. The molecular formula is C22H22N2O2. The van der Waals surface area contributed by atoms with Crippen LogP contribution in [0.5, 0.6) is 11.5 Å². The summed E-state index contributed by atoms with van der Waals surface area (Å²) in [5, 5.41) is 0. The quantitative estimate of drug-likeness (QED) is 0.708. The van der Waals surface area contributed by atoms with Crippen molar-refractivity contribution < 1.29 is 9.47 Å². The van der Waals surface area contributed by atoms with E-state index in [2.05, 4.69) is 40.2 Å². The molecule has 1 unspecified atom stereocenters. The molecule has 2 heterocycles. The normalized spacial score (nSPS) is 17.0. The highest BCUT2D eigenvalue weighted by molar-refractivity contribution is 5.39. The molecule has 2 aromatic carbocycles. The first-order chi connectivity index (χ1) is 12.8. The van der Waals surface area contributed by atoms with E-state index >= 15 is 0 Å². The van der Waals surface area contributed by atoms with E-state index in [1.165, 1.54) is 11.1 Å². The third-order valence-electron chi connectivity index (χ3n) is 4.70. The van der Waals surface area contributed by atoms with Crippen LogP contribution < -0.4 is 9.47 Å². The Morgan fingerprint density at radius 1 is 1.04 bits per heavy atom. The SMILES string of the molecule is COc1ccccc1C1CN(Cc2ccncc2)Cc2ccccc2O1. The van der Waals surface area contributed by atoms with Crippen molar-refractivity contribution in [2.45, 2.75) is 19.2 Å². The molecule has 132 valence electrons. The first-order valence-electron chi connectivity index (χ1n) is 8.82. The molecule has 1 aromatic heterocycles. The molecule has 1 aliphatic heterocycles. The zero-order valence-corrected chi connectivity index (χ0v) is 14.8. The zero-order chi connectivity index (χ0) is 17.8. The predicted molar refractivity (Wildman–Crippen MR) is 101 cm³/mol. The molecule has 1 atom stereocenters. The molecule has 0 aliphatic carbocycles. The van der Waals surface area contributed by atoms with E-state index in [-0.39, 0.29) is 6.10 Å². The minimum absolute atomic E-state index is 0.0864. The second kappa shape index (κ2) is 7.58. The number of benzene rings is 2. The summed E-state index contributed by atoms with van der Waals surface area (Å²) in [5.41, 5.74) is 3.53. The summed E-state index contributed by atoms with van der Waals surface area (Å²) in [6, 6.07) is 20.5. The van der Waals surface area contributed by atoms with Gasteiger partial charge in [-0.1, -0.05) is 36.4 Å². The van der Waals surface area contributed by atoms with Gasteiger partial charge < -0.3 is 9.47 Å². The number of fused-ring (bicyclic) bond motifs is 1. The molecule has 3 aromatic rings. The van der Waals surface area contributed by atoms with Crippen molar-refractivity contribution >= 4 is 0 Å². The third-order valence-corrected chi connectivity index (χ3v) is 4.70. The van der Waals surface area contributed by atoms with E-state index in [9.17, 15) is 0 Å². The molecule has 0 bridgehead atoms. The van der Waals surface area contributed by atoms with Crippen LogP contribution in [0, 0.1) is 0 Å². The average Bonchev–Trinajstić information content (AvgIpc) is 2.87. The third kappa shape index (κ3) is 3.55. The molecule has 0 spiro atoms. The van der Waals surface area contributed by atoms with Gasteiger partial charge in [-0.2, -0.15) is 0 Å². The summed E-state index contributed by atoms with van der Waals surface area (Å²) in [6.07, 6.45) is 3.60. The fraction of sp³-hybridized carbons (Fsp3) is 0.227. The number of nitrogens with zero attached hydrogens (tertiary/aromatic N) is 2. The monoisotopic (exact) mass is 346 g/mol. The molecule has 0 fully saturated rings. The largest absolute Gasteiger partial charge is 0.496 e. The fourth-order valence-corrected chi connectivity index (χ4v) is 3.44. The van der Waals surface area contributed by atoms with Crippen LogP contribution in [0.25, 0.3) is 0 Å². The van der Waals surface area contributed by atoms with Crippen molar-refractivity contribution in [3.05, 3.63) is 89.7 Å². The lowest BCUT2D eigenvalue weighted by Crippen LogP contribution is -2.28. The van der Waals surface area contributed by atoms with Gasteiger partial charge in [-0.05, 0) is 29.8 Å². The Hall–Kier alpha value is -2.85. The highest BCUT2D eigenvalue weighted by Crippen LogP contribution is 2.35. The Morgan fingerprint density at radius 2 is 1.81 bits per heavy atom. The number of methoxy groups -OCH3 is 1. The standard InChI is InChI=1S/C22H22N2O2/c1-25-21-9-5-3-7-19(21)22-16-24(14-17-10-12-23-13-11-17)15-18-6-2-4-8-20(18)26-22/h2-13,22H,14-16H2,1H3. The fourth-order valence-electron chi connectivity index (χ4n) is 3.44. The van der Waals surface area contributed by atoms with Crippen molar-refractivity contribution in [3.63, 3.8) is 0 Å². The Bertz CT molecular complexity index is 867. The Labute approximate surface area is 154 Å². The lowest BCUT2D eigenvalue weighted by Gasteiger charge is -2.25. The summed E-state index contributed by atoms with van der Waals surface area (Å²) in [5.74, 6) is 1.81. The van der Waals surface area contributed by atoms with Gasteiger partial charge in [-0.25, -0.2) is 0 Å². The number of para-hydroxylation sites is 2. The summed E-state index contributed by atoms with van der Waals surface area (Å²) in [7, 11) is 1.71. The molecule has 4 rings (SSSR count). The maximum absolute atomic E-state index is 6.42. The van der Waals surface area contributed by atoms with Crippen LogP contribution in [0.4, 0.5) is 0 Å². The number of hydrogen-bond acceptors (Lipinski definition) is 4. The minimum Gasteiger partial charge on any atom is -0.496 e. The van der Waals surface area contributed by atoms with Crippen LogP contribution in [0.1, 0.15) is 22.8 Å². The Morgan fingerprint density at radius 3 is 2.65 bits per heavy atom. The minimum atomic E-state index is -0.0864. The van der Waals surface area contributed by atoms with Crippen molar-refractivity contribution in [1.29, 1.82) is 0 Å². The maximum atomic E-state index is 6.42. The maximum Gasteiger partial charge on any atom is 0.140 e. The number of ether oxygens (including phenoxy) is 2. The molecule has 0 N–H and O–H groups in total. The van der Waals surface area contributed by atoms with Crippen LogP contribution in [-0.4, -0.2) is 23.5 Å². The molecule has 4 nitrogen and oxygen atoms in total. The molecule has 0 saturated heterocycles. The van der Waals surface area contributed by atoms with Crippen molar-refractivity contribution in [2.75, 3.05) is 13.7 Å². The average molecular weight is 346 g/mol. The van der Waals surface area contributed by atoms with Crippen LogP contribution in [0.2, 0.25) is 0 Å². The summed E-state index contributed by atoms with van der Waals surface area (Å²) < 4.78 is 12.0. The van der Waals surface area contributed by atoms with E-state index in [0.717, 1.165) is 36.7 Å². The lowest BCUT2D eigenvalue weighted by atomic mass is 10.1. The second-order valence-corrected chi connectivity index (χ2v) is 6.48. The number of aromatic nitrogens is 1. The molecule has 0 saturated carbocycles. The molecule has 1 aliphatic rings. The number of hydrogen-bond donors (Lipinski definition) is 0. The van der Waals surface area contributed by atoms with E-state index < -0.39 is 0 Å². The molecular weight excluding hydrogens is 324 g/mol. The molecule has 4 heteroatoms. The van der Waals surface area contributed by atoms with Gasteiger partial charge in [0, 0.05) is 43.2 Å². The first kappa shape index (κ1) is 16.6.